The van der Waals surface area contributed by atoms with Gasteiger partial charge in [-0.15, -0.1) is 0 Å². The number of nitrogens with one attached hydrogen (secondary N) is 2. The Balaban J connectivity index is 1.70. The van der Waals surface area contributed by atoms with Crippen LogP contribution in [0.3, 0.4) is 0 Å². The molecule has 3 rings (SSSR count). The molecule has 138 valence electrons. The van der Waals surface area contributed by atoms with Gasteiger partial charge in [-0.1, -0.05) is 32.9 Å². The lowest BCUT2D eigenvalue weighted by Gasteiger charge is -2.19. The topological polar surface area (TPSA) is 87.3 Å². The maximum absolute atomic E-state index is 12.5. The van der Waals surface area contributed by atoms with E-state index in [1.165, 1.54) is 5.56 Å². The number of aromatic nitrogens is 2. The molecule has 7 nitrogen and oxygen atoms in total. The highest BCUT2D eigenvalue weighted by atomic mass is 16.6. The van der Waals surface area contributed by atoms with Gasteiger partial charge >= 0.3 is 6.09 Å². The van der Waals surface area contributed by atoms with Crippen LogP contribution in [0.1, 0.15) is 54.9 Å². The molecule has 2 heterocycles. The molecule has 1 aromatic heterocycles. The molecule has 0 spiro atoms. The van der Waals surface area contributed by atoms with E-state index in [4.69, 9.17) is 4.74 Å². The van der Waals surface area contributed by atoms with Crippen LogP contribution in [-0.2, 0) is 23.2 Å². The molecular weight excluding hydrogens is 332 g/mol. The first-order chi connectivity index (χ1) is 12.3. The van der Waals surface area contributed by atoms with Crippen molar-refractivity contribution in [2.75, 3.05) is 11.9 Å². The fraction of sp³-hybridized carbons (Fsp3) is 0.421. The molecule has 0 unspecified atom stereocenters. The molecule has 0 saturated heterocycles. The highest BCUT2D eigenvalue weighted by Gasteiger charge is 2.29. The average molecular weight is 356 g/mol. The molecule has 1 aromatic carbocycles. The Labute approximate surface area is 152 Å². The van der Waals surface area contributed by atoms with Crippen molar-refractivity contribution in [1.29, 1.82) is 0 Å². The van der Waals surface area contributed by atoms with E-state index in [0.717, 1.165) is 11.3 Å². The number of nitrogens with zero attached hydrogens (tertiary/aromatic N) is 2. The van der Waals surface area contributed by atoms with E-state index in [-0.39, 0.29) is 17.4 Å². The fourth-order valence-electron chi connectivity index (χ4n) is 2.89. The summed E-state index contributed by atoms with van der Waals surface area (Å²) < 4.78 is 5.02. The van der Waals surface area contributed by atoms with Crippen molar-refractivity contribution in [1.82, 2.24) is 15.1 Å². The van der Waals surface area contributed by atoms with Crippen LogP contribution in [0.15, 0.2) is 24.3 Å². The quantitative estimate of drug-likeness (QED) is 0.882. The van der Waals surface area contributed by atoms with E-state index in [2.05, 4.69) is 36.3 Å². The van der Waals surface area contributed by atoms with Crippen molar-refractivity contribution in [2.45, 2.75) is 46.2 Å². The number of hydrogen-bond acceptors (Lipinski definition) is 4. The molecule has 0 atom stereocenters. The van der Waals surface area contributed by atoms with Crippen molar-refractivity contribution in [3.8, 4) is 0 Å². The number of anilines is 1. The van der Waals surface area contributed by atoms with E-state index >= 15 is 0 Å². The Morgan fingerprint density at radius 3 is 2.54 bits per heavy atom. The molecule has 0 radical (unpaired) electrons. The zero-order chi connectivity index (χ0) is 18.9. The second-order valence-corrected chi connectivity index (χ2v) is 7.37. The normalized spacial score (nSPS) is 13.5. The zero-order valence-electron chi connectivity index (χ0n) is 15.5. The van der Waals surface area contributed by atoms with E-state index in [9.17, 15) is 9.59 Å². The smallest absolute Gasteiger partial charge is 0.410 e. The van der Waals surface area contributed by atoms with Gasteiger partial charge in [0.1, 0.15) is 0 Å². The molecule has 1 aliphatic rings. The van der Waals surface area contributed by atoms with Gasteiger partial charge in [0.15, 0.2) is 5.82 Å². The van der Waals surface area contributed by atoms with Gasteiger partial charge in [0.2, 0.25) is 0 Å². The van der Waals surface area contributed by atoms with E-state index in [1.807, 2.05) is 24.3 Å². The summed E-state index contributed by atoms with van der Waals surface area (Å²) in [5.74, 6) is 0.228. The van der Waals surface area contributed by atoms with Crippen molar-refractivity contribution >= 4 is 17.8 Å². The minimum atomic E-state index is -0.368. The van der Waals surface area contributed by atoms with Gasteiger partial charge in [-0.05, 0) is 30.0 Å². The van der Waals surface area contributed by atoms with Gasteiger partial charge in [-0.3, -0.25) is 14.8 Å². The first-order valence-corrected chi connectivity index (χ1v) is 8.69. The van der Waals surface area contributed by atoms with Crippen LogP contribution in [-0.4, -0.2) is 33.7 Å². The molecule has 2 amide bonds. The number of amides is 2. The number of carbonyl (C=O) groups is 2. The Kier molecular flexibility index (Phi) is 4.71. The Bertz CT molecular complexity index is 818. The molecule has 1 aliphatic heterocycles. The maximum atomic E-state index is 12.5. The third kappa shape index (κ3) is 3.56. The largest absolute Gasteiger partial charge is 0.450 e. The number of H-pyrrole nitrogens is 1. The number of aromatic amines is 1. The number of rotatable bonds is 3. The Morgan fingerprint density at radius 1 is 1.23 bits per heavy atom. The van der Waals surface area contributed by atoms with E-state index < -0.39 is 0 Å². The van der Waals surface area contributed by atoms with Gasteiger partial charge < -0.3 is 10.1 Å². The van der Waals surface area contributed by atoms with E-state index in [0.29, 0.717) is 31.1 Å². The molecule has 0 aliphatic carbocycles. The predicted molar refractivity (Wildman–Crippen MR) is 98.0 cm³/mol. The summed E-state index contributed by atoms with van der Waals surface area (Å²) in [5.41, 5.74) is 3.40. The molecular formula is C19H24N4O3. The lowest BCUT2D eigenvalue weighted by Crippen LogP contribution is -2.26. The first kappa shape index (κ1) is 18.0. The van der Waals surface area contributed by atoms with Gasteiger partial charge in [0.25, 0.3) is 5.91 Å². The van der Waals surface area contributed by atoms with Crippen LogP contribution >= 0.6 is 0 Å². The standard InChI is InChI=1S/C19H24N4O3/c1-5-26-18(25)23-10-14-15(11-23)21-22-16(14)20-17(24)12-6-8-13(9-7-12)19(2,3)4/h6-9H,5,10-11H2,1-4H3,(H2,20,21,22,24). The van der Waals surface area contributed by atoms with Crippen molar-refractivity contribution in [3.05, 3.63) is 46.6 Å². The van der Waals surface area contributed by atoms with Crippen LogP contribution in [0.4, 0.5) is 10.6 Å². The zero-order valence-corrected chi connectivity index (χ0v) is 15.5. The molecule has 26 heavy (non-hydrogen) atoms. The first-order valence-electron chi connectivity index (χ1n) is 8.69. The monoisotopic (exact) mass is 356 g/mol. The van der Waals surface area contributed by atoms with Gasteiger partial charge in [0, 0.05) is 11.1 Å². The molecule has 0 bridgehead atoms. The number of carbonyl (C=O) groups excluding carboxylic acids is 2. The van der Waals surface area contributed by atoms with Crippen LogP contribution in [0, 0.1) is 0 Å². The summed E-state index contributed by atoms with van der Waals surface area (Å²) in [4.78, 5) is 26.0. The highest BCUT2D eigenvalue weighted by molar-refractivity contribution is 6.04. The molecule has 2 N–H and O–H groups in total. The van der Waals surface area contributed by atoms with Crippen LogP contribution in [0.25, 0.3) is 0 Å². The summed E-state index contributed by atoms with van der Waals surface area (Å²) in [5, 5.41) is 9.88. The number of benzene rings is 1. The van der Waals surface area contributed by atoms with Crippen LogP contribution in [0.5, 0.6) is 0 Å². The molecule has 7 heteroatoms. The average Bonchev–Trinajstić information content (AvgIpc) is 3.16. The second kappa shape index (κ2) is 6.82. The van der Waals surface area contributed by atoms with Crippen LogP contribution < -0.4 is 5.32 Å². The summed E-state index contributed by atoms with van der Waals surface area (Å²) in [7, 11) is 0. The van der Waals surface area contributed by atoms with Gasteiger partial charge in [-0.2, -0.15) is 5.10 Å². The molecule has 2 aromatic rings. The minimum Gasteiger partial charge on any atom is -0.450 e. The third-order valence-corrected chi connectivity index (χ3v) is 4.42. The Morgan fingerprint density at radius 2 is 1.92 bits per heavy atom. The summed E-state index contributed by atoms with van der Waals surface area (Å²) in [6.45, 7) is 9.25. The van der Waals surface area contributed by atoms with Gasteiger partial charge in [0.05, 0.1) is 25.4 Å². The lowest BCUT2D eigenvalue weighted by molar-refractivity contribution is 0.102. The van der Waals surface area contributed by atoms with Gasteiger partial charge in [-0.25, -0.2) is 4.79 Å². The lowest BCUT2D eigenvalue weighted by atomic mass is 9.87. The highest BCUT2D eigenvalue weighted by Crippen LogP contribution is 2.28. The van der Waals surface area contributed by atoms with Crippen LogP contribution in [0.2, 0.25) is 0 Å². The Hall–Kier alpha value is -2.83. The van der Waals surface area contributed by atoms with Crippen molar-refractivity contribution < 1.29 is 14.3 Å². The summed E-state index contributed by atoms with van der Waals surface area (Å²) >= 11 is 0. The summed E-state index contributed by atoms with van der Waals surface area (Å²) in [6.07, 6.45) is -0.368. The third-order valence-electron chi connectivity index (χ3n) is 4.42. The fourth-order valence-corrected chi connectivity index (χ4v) is 2.89. The van der Waals surface area contributed by atoms with E-state index in [1.54, 1.807) is 11.8 Å². The molecule has 0 fully saturated rings. The minimum absolute atomic E-state index is 0.0363. The predicted octanol–water partition coefficient (Wildman–Crippen LogP) is 3.43. The molecule has 0 saturated carbocycles. The second-order valence-electron chi connectivity index (χ2n) is 7.37. The van der Waals surface area contributed by atoms with Crippen molar-refractivity contribution in [2.24, 2.45) is 0 Å². The number of ether oxygens (including phenoxy) is 1. The van der Waals surface area contributed by atoms with Crippen molar-refractivity contribution in [3.63, 3.8) is 0 Å². The summed E-state index contributed by atoms with van der Waals surface area (Å²) in [6, 6.07) is 7.56. The number of fused-ring (bicyclic) bond motifs is 1. The number of hydrogen-bond donors (Lipinski definition) is 2. The SMILES string of the molecule is CCOC(=O)N1Cc2[nH]nc(NC(=O)c3ccc(C(C)(C)C)cc3)c2C1. The maximum Gasteiger partial charge on any atom is 0.410 e.